The maximum Gasteiger partial charge on any atom is 0.230 e. The van der Waals surface area contributed by atoms with Crippen molar-refractivity contribution in [1.29, 1.82) is 0 Å². The molecule has 0 spiro atoms. The number of aromatic nitrogens is 4. The summed E-state index contributed by atoms with van der Waals surface area (Å²) in [6.07, 6.45) is 4.80. The van der Waals surface area contributed by atoms with Crippen molar-refractivity contribution >= 4 is 11.1 Å². The first-order valence-electron chi connectivity index (χ1n) is 11.0. The molecule has 164 valence electrons. The Kier molecular flexibility index (Phi) is 4.77. The lowest BCUT2D eigenvalue weighted by Gasteiger charge is -2.31. The summed E-state index contributed by atoms with van der Waals surface area (Å²) in [4.78, 5) is 8.92. The van der Waals surface area contributed by atoms with E-state index in [1.807, 2.05) is 47.3 Å². The predicted octanol–water partition coefficient (Wildman–Crippen LogP) is 5.33. The second-order valence-corrected chi connectivity index (χ2v) is 8.53. The second kappa shape index (κ2) is 7.94. The maximum absolute atomic E-state index is 13.6. The second-order valence-electron chi connectivity index (χ2n) is 8.53. The molecule has 1 aliphatic carbocycles. The summed E-state index contributed by atoms with van der Waals surface area (Å²) in [5.41, 5.74) is 4.52. The summed E-state index contributed by atoms with van der Waals surface area (Å²) in [6, 6.07) is 18.1. The molecule has 0 saturated heterocycles. The highest BCUT2D eigenvalue weighted by molar-refractivity contribution is 5.95. The van der Waals surface area contributed by atoms with Gasteiger partial charge in [-0.1, -0.05) is 30.3 Å². The lowest BCUT2D eigenvalue weighted by Crippen LogP contribution is -2.31. The zero-order chi connectivity index (χ0) is 22.4. The molecule has 1 N–H and O–H groups in total. The highest BCUT2D eigenvalue weighted by Gasteiger charge is 2.28. The molecule has 1 saturated carbocycles. The van der Waals surface area contributed by atoms with Crippen LogP contribution in [-0.4, -0.2) is 31.0 Å². The molecule has 7 heteroatoms. The van der Waals surface area contributed by atoms with E-state index in [1.54, 1.807) is 12.1 Å². The molecule has 33 heavy (non-hydrogen) atoms. The van der Waals surface area contributed by atoms with Crippen LogP contribution in [0.3, 0.4) is 0 Å². The van der Waals surface area contributed by atoms with E-state index < -0.39 is 0 Å². The summed E-state index contributed by atoms with van der Waals surface area (Å²) in [6.45, 7) is 0.708. The maximum atomic E-state index is 13.6. The Labute approximate surface area is 189 Å². The number of aliphatic hydroxyl groups is 1. The molecular formula is C26H21FN4O2. The Morgan fingerprint density at radius 1 is 0.970 bits per heavy atom. The fourth-order valence-electron chi connectivity index (χ4n) is 4.44. The third kappa shape index (κ3) is 3.70. The summed E-state index contributed by atoms with van der Waals surface area (Å²) >= 11 is 0. The van der Waals surface area contributed by atoms with Crippen LogP contribution in [0.15, 0.2) is 77.6 Å². The van der Waals surface area contributed by atoms with Crippen LogP contribution < -0.4 is 0 Å². The standard InChI is InChI=1S/C26H21FN4O2/c27-19-8-6-18(7-9-19)24-22(14-31(30-24)13-16-10-20(32)11-16)25-21-12-23(17-4-2-1-3-5-17)33-26(21)29-15-28-25/h1-9,12,14-16,20,32H,10-11,13H2/t16-,20+. The van der Waals surface area contributed by atoms with Gasteiger partial charge in [0, 0.05) is 29.4 Å². The molecule has 0 radical (unpaired) electrons. The van der Waals surface area contributed by atoms with Gasteiger partial charge in [-0.3, -0.25) is 4.68 Å². The van der Waals surface area contributed by atoms with Crippen molar-refractivity contribution in [3.63, 3.8) is 0 Å². The van der Waals surface area contributed by atoms with Crippen molar-refractivity contribution in [1.82, 2.24) is 19.7 Å². The van der Waals surface area contributed by atoms with Crippen LogP contribution in [0.1, 0.15) is 12.8 Å². The third-order valence-electron chi connectivity index (χ3n) is 6.18. The summed E-state index contributed by atoms with van der Waals surface area (Å²) in [7, 11) is 0. The first-order chi connectivity index (χ1) is 16.1. The van der Waals surface area contributed by atoms with Crippen molar-refractivity contribution in [2.75, 3.05) is 0 Å². The van der Waals surface area contributed by atoms with Gasteiger partial charge in [0.2, 0.25) is 5.71 Å². The van der Waals surface area contributed by atoms with Crippen LogP contribution in [0, 0.1) is 11.7 Å². The minimum absolute atomic E-state index is 0.217. The molecule has 0 aliphatic heterocycles. The number of hydrogen-bond acceptors (Lipinski definition) is 5. The lowest BCUT2D eigenvalue weighted by atomic mass is 9.82. The Hall–Kier alpha value is -3.84. The molecule has 0 bridgehead atoms. The van der Waals surface area contributed by atoms with Crippen LogP contribution in [0.25, 0.3) is 44.9 Å². The van der Waals surface area contributed by atoms with E-state index in [0.717, 1.165) is 40.6 Å². The van der Waals surface area contributed by atoms with Crippen LogP contribution >= 0.6 is 0 Å². The number of aliphatic hydroxyl groups excluding tert-OH is 1. The number of furan rings is 1. The van der Waals surface area contributed by atoms with E-state index in [1.165, 1.54) is 18.5 Å². The van der Waals surface area contributed by atoms with Crippen molar-refractivity contribution < 1.29 is 13.9 Å². The van der Waals surface area contributed by atoms with Gasteiger partial charge in [0.15, 0.2) is 0 Å². The molecule has 5 aromatic rings. The average molecular weight is 440 g/mol. The number of halogens is 1. The molecule has 1 aliphatic rings. The SMILES string of the molecule is O[C@H]1C[C@@H](Cn2cc(-c3ncnc4oc(-c5ccccc5)cc34)c(-c3ccc(F)cc3)n2)C1. The quantitative estimate of drug-likeness (QED) is 0.400. The van der Waals surface area contributed by atoms with Crippen molar-refractivity contribution in [2.24, 2.45) is 5.92 Å². The third-order valence-corrected chi connectivity index (χ3v) is 6.18. The topological polar surface area (TPSA) is 77.0 Å². The number of hydrogen-bond donors (Lipinski definition) is 1. The fraction of sp³-hybridized carbons (Fsp3) is 0.192. The van der Waals surface area contributed by atoms with E-state index in [0.29, 0.717) is 29.6 Å². The molecule has 0 amide bonds. The molecule has 2 aromatic carbocycles. The molecule has 0 atom stereocenters. The van der Waals surface area contributed by atoms with Crippen LogP contribution in [0.4, 0.5) is 4.39 Å². The first kappa shape index (κ1) is 19.8. The van der Waals surface area contributed by atoms with E-state index >= 15 is 0 Å². The number of nitrogens with zero attached hydrogens (tertiary/aromatic N) is 4. The Balaban J connectivity index is 1.48. The van der Waals surface area contributed by atoms with Gasteiger partial charge in [0.05, 0.1) is 17.2 Å². The van der Waals surface area contributed by atoms with E-state index in [2.05, 4.69) is 9.97 Å². The summed E-state index contributed by atoms with van der Waals surface area (Å²) in [5.74, 6) is 0.805. The molecular weight excluding hydrogens is 419 g/mol. The van der Waals surface area contributed by atoms with Gasteiger partial charge in [-0.05, 0) is 49.1 Å². The largest absolute Gasteiger partial charge is 0.438 e. The summed E-state index contributed by atoms with van der Waals surface area (Å²) < 4.78 is 21.5. The summed E-state index contributed by atoms with van der Waals surface area (Å²) in [5, 5.41) is 15.3. The lowest BCUT2D eigenvalue weighted by molar-refractivity contribution is 0.0337. The van der Waals surface area contributed by atoms with Gasteiger partial charge in [-0.2, -0.15) is 5.10 Å². The predicted molar refractivity (Wildman–Crippen MR) is 123 cm³/mol. The number of fused-ring (bicyclic) bond motifs is 1. The van der Waals surface area contributed by atoms with Crippen molar-refractivity contribution in [3.05, 3.63) is 79.0 Å². The molecule has 3 heterocycles. The van der Waals surface area contributed by atoms with E-state index in [4.69, 9.17) is 9.52 Å². The van der Waals surface area contributed by atoms with Crippen molar-refractivity contribution in [2.45, 2.75) is 25.5 Å². The highest BCUT2D eigenvalue weighted by atomic mass is 19.1. The number of benzene rings is 2. The number of rotatable bonds is 5. The zero-order valence-electron chi connectivity index (χ0n) is 17.7. The Morgan fingerprint density at radius 3 is 2.52 bits per heavy atom. The van der Waals surface area contributed by atoms with Gasteiger partial charge in [0.25, 0.3) is 0 Å². The normalized spacial score (nSPS) is 17.9. The average Bonchev–Trinajstić information content (AvgIpc) is 3.44. The highest BCUT2D eigenvalue weighted by Crippen LogP contribution is 2.37. The van der Waals surface area contributed by atoms with Gasteiger partial charge in [-0.25, -0.2) is 14.4 Å². The van der Waals surface area contributed by atoms with E-state index in [-0.39, 0.29) is 11.9 Å². The van der Waals surface area contributed by atoms with Crippen molar-refractivity contribution in [3.8, 4) is 33.8 Å². The zero-order valence-corrected chi connectivity index (χ0v) is 17.7. The molecule has 1 fully saturated rings. The van der Waals surface area contributed by atoms with Crippen LogP contribution in [-0.2, 0) is 6.54 Å². The Bertz CT molecular complexity index is 1420. The van der Waals surface area contributed by atoms with Crippen LogP contribution in [0.5, 0.6) is 0 Å². The van der Waals surface area contributed by atoms with Gasteiger partial charge >= 0.3 is 0 Å². The van der Waals surface area contributed by atoms with Gasteiger partial charge in [-0.15, -0.1) is 0 Å². The molecule has 6 rings (SSSR count). The molecule has 3 aromatic heterocycles. The van der Waals surface area contributed by atoms with Gasteiger partial charge < -0.3 is 9.52 Å². The smallest absolute Gasteiger partial charge is 0.230 e. The molecule has 0 unspecified atom stereocenters. The Morgan fingerprint density at radius 2 is 1.76 bits per heavy atom. The monoisotopic (exact) mass is 440 g/mol. The van der Waals surface area contributed by atoms with E-state index in [9.17, 15) is 9.50 Å². The first-order valence-corrected chi connectivity index (χ1v) is 11.0. The minimum Gasteiger partial charge on any atom is -0.438 e. The molecule has 6 nitrogen and oxygen atoms in total. The van der Waals surface area contributed by atoms with Gasteiger partial charge in [0.1, 0.15) is 23.6 Å². The fourth-order valence-corrected chi connectivity index (χ4v) is 4.44. The van der Waals surface area contributed by atoms with Crippen LogP contribution in [0.2, 0.25) is 0 Å². The minimum atomic E-state index is -0.296.